The molecule has 1 fully saturated rings. The molecule has 144 valence electrons. The molecule has 9 heteroatoms. The summed E-state index contributed by atoms with van der Waals surface area (Å²) < 4.78 is 4.93. The summed E-state index contributed by atoms with van der Waals surface area (Å²) in [4.78, 5) is 26.0. The predicted molar refractivity (Wildman–Crippen MR) is 106 cm³/mol. The summed E-state index contributed by atoms with van der Waals surface area (Å²) >= 11 is 1.36. The molecule has 27 heavy (non-hydrogen) atoms. The van der Waals surface area contributed by atoms with Gasteiger partial charge < -0.3 is 15.0 Å². The smallest absolute Gasteiger partial charge is 0.338 e. The van der Waals surface area contributed by atoms with Gasteiger partial charge in [0.25, 0.3) is 0 Å². The van der Waals surface area contributed by atoms with E-state index in [1.54, 1.807) is 31.2 Å². The van der Waals surface area contributed by atoms with E-state index in [4.69, 9.17) is 4.74 Å². The van der Waals surface area contributed by atoms with Gasteiger partial charge in [0.1, 0.15) is 0 Å². The lowest BCUT2D eigenvalue weighted by molar-refractivity contribution is 0.0526. The first kappa shape index (κ1) is 19.1. The average Bonchev–Trinajstić information content (AvgIpc) is 3.11. The number of carbonyl (C=O) groups excluding carboxylic acids is 2. The van der Waals surface area contributed by atoms with Gasteiger partial charge in [-0.1, -0.05) is 11.3 Å². The average molecular weight is 389 g/mol. The van der Waals surface area contributed by atoms with Gasteiger partial charge in [0.2, 0.25) is 10.3 Å². The fourth-order valence-corrected chi connectivity index (χ4v) is 3.80. The zero-order valence-electron chi connectivity index (χ0n) is 15.4. The van der Waals surface area contributed by atoms with Crippen molar-refractivity contribution in [3.05, 3.63) is 29.8 Å². The third-order valence-electron chi connectivity index (χ3n) is 4.34. The van der Waals surface area contributed by atoms with Crippen molar-refractivity contribution >= 4 is 39.3 Å². The first-order valence-corrected chi connectivity index (χ1v) is 9.84. The Balaban J connectivity index is 1.56. The van der Waals surface area contributed by atoms with Crippen LogP contribution in [0.1, 0.15) is 43.5 Å². The zero-order chi connectivity index (χ0) is 19.2. The van der Waals surface area contributed by atoms with Crippen LogP contribution in [0.5, 0.6) is 0 Å². The largest absolute Gasteiger partial charge is 0.462 e. The number of aromatic nitrogens is 2. The van der Waals surface area contributed by atoms with E-state index in [-0.39, 0.29) is 5.97 Å². The Morgan fingerprint density at radius 2 is 2.00 bits per heavy atom. The summed E-state index contributed by atoms with van der Waals surface area (Å²) in [6.45, 7) is 5.22. The standard InChI is InChI=1S/C18H23N5O3S/c1-3-26-15(24)13-7-9-14(10-8-13)19-16(25)20-17-21-22-18(27-17)23-11-5-4-6-12(23)2/h7-10,12H,3-6,11H2,1-2H3,(H2,19,20,21,25). The molecule has 0 saturated carbocycles. The Bertz CT molecular complexity index is 793. The van der Waals surface area contributed by atoms with Crippen LogP contribution in [-0.4, -0.2) is 41.4 Å². The molecule has 1 aliphatic rings. The number of esters is 1. The Morgan fingerprint density at radius 3 is 2.70 bits per heavy atom. The molecule has 2 amide bonds. The molecule has 1 aromatic carbocycles. The van der Waals surface area contributed by atoms with Crippen molar-refractivity contribution in [2.45, 2.75) is 39.2 Å². The molecule has 3 rings (SSSR count). The number of benzene rings is 1. The van der Waals surface area contributed by atoms with E-state index in [2.05, 4.69) is 32.7 Å². The van der Waals surface area contributed by atoms with Gasteiger partial charge in [-0.2, -0.15) is 0 Å². The van der Waals surface area contributed by atoms with Crippen LogP contribution in [0.3, 0.4) is 0 Å². The number of ether oxygens (including phenoxy) is 1. The molecule has 1 saturated heterocycles. The fourth-order valence-electron chi connectivity index (χ4n) is 2.93. The van der Waals surface area contributed by atoms with Crippen molar-refractivity contribution in [1.82, 2.24) is 10.2 Å². The molecule has 1 aromatic heterocycles. The normalized spacial score (nSPS) is 16.7. The molecule has 8 nitrogen and oxygen atoms in total. The minimum Gasteiger partial charge on any atom is -0.462 e. The molecule has 0 spiro atoms. The van der Waals surface area contributed by atoms with Gasteiger partial charge in [0.05, 0.1) is 12.2 Å². The van der Waals surface area contributed by atoms with Gasteiger partial charge in [0, 0.05) is 18.3 Å². The second-order valence-electron chi connectivity index (χ2n) is 6.30. The molecule has 0 aliphatic carbocycles. The highest BCUT2D eigenvalue weighted by atomic mass is 32.1. The van der Waals surface area contributed by atoms with Gasteiger partial charge in [-0.15, -0.1) is 10.2 Å². The number of hydrogen-bond donors (Lipinski definition) is 2. The lowest BCUT2D eigenvalue weighted by Gasteiger charge is -2.32. The van der Waals surface area contributed by atoms with Crippen molar-refractivity contribution in [3.8, 4) is 0 Å². The van der Waals surface area contributed by atoms with E-state index >= 15 is 0 Å². The molecule has 1 aliphatic heterocycles. The van der Waals surface area contributed by atoms with Crippen molar-refractivity contribution in [1.29, 1.82) is 0 Å². The fraction of sp³-hybridized carbons (Fsp3) is 0.444. The lowest BCUT2D eigenvalue weighted by atomic mass is 10.1. The SMILES string of the molecule is CCOC(=O)c1ccc(NC(=O)Nc2nnc(N3CCCCC3C)s2)cc1. The highest BCUT2D eigenvalue weighted by Gasteiger charge is 2.22. The van der Waals surface area contributed by atoms with Crippen molar-refractivity contribution in [3.63, 3.8) is 0 Å². The number of nitrogens with zero attached hydrogens (tertiary/aromatic N) is 3. The molecular formula is C18H23N5O3S. The van der Waals surface area contributed by atoms with Crippen LogP contribution in [0.4, 0.5) is 20.7 Å². The van der Waals surface area contributed by atoms with E-state index in [1.807, 2.05) is 0 Å². The summed E-state index contributed by atoms with van der Waals surface area (Å²) in [5.74, 6) is -0.387. The third kappa shape index (κ3) is 4.94. The quantitative estimate of drug-likeness (QED) is 0.756. The first-order valence-electron chi connectivity index (χ1n) is 9.02. The minimum absolute atomic E-state index is 0.321. The number of hydrogen-bond acceptors (Lipinski definition) is 7. The Hall–Kier alpha value is -2.68. The Labute approximate surface area is 161 Å². The van der Waals surface area contributed by atoms with Gasteiger partial charge in [0.15, 0.2) is 0 Å². The zero-order valence-corrected chi connectivity index (χ0v) is 16.2. The second kappa shape index (κ2) is 8.81. The lowest BCUT2D eigenvalue weighted by Crippen LogP contribution is -2.37. The van der Waals surface area contributed by atoms with Crippen LogP contribution in [0.25, 0.3) is 0 Å². The highest BCUT2D eigenvalue weighted by Crippen LogP contribution is 2.29. The topological polar surface area (TPSA) is 96.4 Å². The van der Waals surface area contributed by atoms with E-state index in [1.165, 1.54) is 17.8 Å². The van der Waals surface area contributed by atoms with Gasteiger partial charge in [-0.05, 0) is 57.4 Å². The van der Waals surface area contributed by atoms with Crippen molar-refractivity contribution < 1.29 is 14.3 Å². The summed E-state index contributed by atoms with van der Waals surface area (Å²) in [5, 5.41) is 14.9. The molecule has 2 N–H and O–H groups in total. The molecule has 1 atom stereocenters. The molecule has 2 aromatic rings. The van der Waals surface area contributed by atoms with E-state index in [0.29, 0.717) is 29.0 Å². The molecule has 2 heterocycles. The number of piperidine rings is 1. The van der Waals surface area contributed by atoms with Crippen LogP contribution in [-0.2, 0) is 4.74 Å². The van der Waals surface area contributed by atoms with Crippen LogP contribution in [0.15, 0.2) is 24.3 Å². The monoisotopic (exact) mass is 389 g/mol. The first-order chi connectivity index (χ1) is 13.1. The van der Waals surface area contributed by atoms with Crippen molar-refractivity contribution in [2.75, 3.05) is 28.7 Å². The summed E-state index contributed by atoms with van der Waals surface area (Å²) in [6, 6.07) is 6.53. The van der Waals surface area contributed by atoms with E-state index < -0.39 is 6.03 Å². The maximum Gasteiger partial charge on any atom is 0.338 e. The highest BCUT2D eigenvalue weighted by molar-refractivity contribution is 7.19. The second-order valence-corrected chi connectivity index (χ2v) is 7.26. The Morgan fingerprint density at radius 1 is 1.22 bits per heavy atom. The maximum absolute atomic E-state index is 12.2. The summed E-state index contributed by atoms with van der Waals surface area (Å²) in [5.41, 5.74) is 1.00. The van der Waals surface area contributed by atoms with Crippen LogP contribution in [0.2, 0.25) is 0 Å². The number of nitrogens with one attached hydrogen (secondary N) is 2. The van der Waals surface area contributed by atoms with E-state index in [9.17, 15) is 9.59 Å². The van der Waals surface area contributed by atoms with Crippen LogP contribution in [0, 0.1) is 0 Å². The number of carbonyl (C=O) groups is 2. The van der Waals surface area contributed by atoms with Crippen LogP contribution >= 0.6 is 11.3 Å². The Kier molecular flexibility index (Phi) is 6.23. The molecule has 1 unspecified atom stereocenters. The number of rotatable bonds is 5. The summed E-state index contributed by atoms with van der Waals surface area (Å²) in [7, 11) is 0. The molecule has 0 bridgehead atoms. The van der Waals surface area contributed by atoms with E-state index in [0.717, 1.165) is 24.5 Å². The van der Waals surface area contributed by atoms with Gasteiger partial charge >= 0.3 is 12.0 Å². The van der Waals surface area contributed by atoms with Gasteiger partial charge in [-0.25, -0.2) is 9.59 Å². The molecule has 0 radical (unpaired) electrons. The maximum atomic E-state index is 12.2. The summed E-state index contributed by atoms with van der Waals surface area (Å²) in [6.07, 6.45) is 3.53. The number of amides is 2. The number of urea groups is 1. The minimum atomic E-state index is -0.409. The van der Waals surface area contributed by atoms with Crippen molar-refractivity contribution in [2.24, 2.45) is 0 Å². The predicted octanol–water partition coefficient (Wildman–Crippen LogP) is 3.74. The third-order valence-corrected chi connectivity index (χ3v) is 5.21. The molecular weight excluding hydrogens is 366 g/mol. The number of anilines is 3. The van der Waals surface area contributed by atoms with Gasteiger partial charge in [-0.3, -0.25) is 5.32 Å². The van der Waals surface area contributed by atoms with Crippen LogP contribution < -0.4 is 15.5 Å².